The van der Waals surface area contributed by atoms with Gasteiger partial charge in [-0.05, 0) is 27.7 Å². The minimum Gasteiger partial charge on any atom is -0.387 e. The molecule has 5 heteroatoms. The van der Waals surface area contributed by atoms with Gasteiger partial charge in [0.25, 0.3) is 0 Å². The van der Waals surface area contributed by atoms with Crippen LogP contribution in [-0.4, -0.2) is 17.3 Å². The van der Waals surface area contributed by atoms with Crippen molar-refractivity contribution in [3.8, 4) is 0 Å². The molecule has 0 fully saturated rings. The van der Waals surface area contributed by atoms with Gasteiger partial charge in [-0.15, -0.1) is 0 Å². The van der Waals surface area contributed by atoms with Gasteiger partial charge in [-0.2, -0.15) is 0 Å². The first-order valence-corrected chi connectivity index (χ1v) is 5.29. The van der Waals surface area contributed by atoms with E-state index >= 15 is 0 Å². The topological polar surface area (TPSA) is 116 Å². The average molecular weight is 236 g/mol. The molecule has 0 spiro atoms. The molecule has 1 amide bonds. The summed E-state index contributed by atoms with van der Waals surface area (Å²) in [6, 6.07) is 0. The highest BCUT2D eigenvalue weighted by Gasteiger charge is 1.95. The fourth-order valence-corrected chi connectivity index (χ4v) is 0.276. The average Bonchev–Trinajstić information content (AvgIpc) is 2.04. The van der Waals surface area contributed by atoms with Crippen molar-refractivity contribution >= 4 is 11.7 Å². The van der Waals surface area contributed by atoms with E-state index in [9.17, 15) is 4.79 Å². The molecule has 0 radical (unpaired) electrons. The Morgan fingerprint density at radius 1 is 1.31 bits per heavy atom. The van der Waals surface area contributed by atoms with Crippen LogP contribution in [0.4, 0.5) is 0 Å². The number of nitrogens with two attached hydrogens (primary N) is 2. The number of carbonyl (C=O) groups is 1. The first kappa shape index (κ1) is 24.3. The molecule has 7 N–H and O–H groups in total. The number of hydrogen-bond donors (Lipinski definition) is 3. The van der Waals surface area contributed by atoms with Crippen LogP contribution in [0, 0.1) is 0 Å². The standard InChI is InChI=1S/C5H10N2O.C4H11N.C2H6.H3N.H2/c1-3-5(8)7-4(2)6;1-4(2,3)5;1-2;;/h3H2,1-2H3,(H2,6,7,8);5H2,1-3H3;1-2H3;1H3;1H. The minimum atomic E-state index is -0.162. The van der Waals surface area contributed by atoms with Crippen LogP contribution in [0.3, 0.4) is 0 Å². The molecule has 5 nitrogen and oxygen atoms in total. The molecule has 0 aliphatic carbocycles. The van der Waals surface area contributed by atoms with Crippen molar-refractivity contribution in [3.63, 3.8) is 0 Å². The molecule has 16 heavy (non-hydrogen) atoms. The highest BCUT2D eigenvalue weighted by molar-refractivity contribution is 5.91. The lowest BCUT2D eigenvalue weighted by atomic mass is 10.1. The van der Waals surface area contributed by atoms with Gasteiger partial charge < -0.3 is 17.6 Å². The lowest BCUT2D eigenvalue weighted by molar-refractivity contribution is -0.117. The molecule has 0 aliphatic rings. The van der Waals surface area contributed by atoms with Gasteiger partial charge in [0, 0.05) is 13.4 Å². The second-order valence-corrected chi connectivity index (χ2v) is 3.87. The molecule has 0 aliphatic heterocycles. The number of hydrogen-bond acceptors (Lipinski definition) is 3. The molecule has 0 saturated carbocycles. The number of amidine groups is 1. The van der Waals surface area contributed by atoms with Gasteiger partial charge in [-0.1, -0.05) is 20.8 Å². The molecule has 0 aromatic carbocycles. The summed E-state index contributed by atoms with van der Waals surface area (Å²) in [5, 5.41) is 0. The van der Waals surface area contributed by atoms with Crippen LogP contribution in [0.5, 0.6) is 0 Å². The Bertz CT molecular complexity index is 178. The van der Waals surface area contributed by atoms with E-state index in [1.807, 2.05) is 34.6 Å². The largest absolute Gasteiger partial charge is 0.387 e. The van der Waals surface area contributed by atoms with Gasteiger partial charge in [-0.3, -0.25) is 4.79 Å². The Morgan fingerprint density at radius 2 is 1.56 bits per heavy atom. The molecule has 0 aromatic heterocycles. The molecule has 0 unspecified atom stereocenters. The second-order valence-electron chi connectivity index (χ2n) is 3.87. The predicted octanol–water partition coefficient (Wildman–Crippen LogP) is 2.48. The van der Waals surface area contributed by atoms with Crippen molar-refractivity contribution in [2.45, 2.75) is 60.4 Å². The summed E-state index contributed by atoms with van der Waals surface area (Å²) in [6.07, 6.45) is 0.425. The smallest absolute Gasteiger partial charge is 0.247 e. The van der Waals surface area contributed by atoms with E-state index in [0.29, 0.717) is 12.3 Å². The lowest BCUT2D eigenvalue weighted by Crippen LogP contribution is -2.26. The number of aliphatic imine (C=N–C) groups is 1. The van der Waals surface area contributed by atoms with E-state index in [1.54, 1.807) is 13.8 Å². The van der Waals surface area contributed by atoms with E-state index < -0.39 is 0 Å². The Hall–Kier alpha value is -0.940. The molecule has 0 bridgehead atoms. The molecule has 0 saturated heterocycles. The van der Waals surface area contributed by atoms with Crippen LogP contribution in [0.1, 0.15) is 56.3 Å². The second kappa shape index (κ2) is 14.1. The molecule has 0 rings (SSSR count). The SMILES string of the molecule is CC.CC(C)(C)N.CCC(=O)N=C(C)N.N.[HH]. The van der Waals surface area contributed by atoms with Crippen molar-refractivity contribution in [3.05, 3.63) is 0 Å². The third-order valence-corrected chi connectivity index (χ3v) is 0.604. The number of carbonyl (C=O) groups excluding carboxylic acids is 1. The van der Waals surface area contributed by atoms with Crippen molar-refractivity contribution in [1.29, 1.82) is 0 Å². The highest BCUT2D eigenvalue weighted by atomic mass is 16.1. The molecule has 0 aromatic rings. The first-order valence-electron chi connectivity index (χ1n) is 5.29. The fourth-order valence-electron chi connectivity index (χ4n) is 0.276. The first-order chi connectivity index (χ1) is 6.66. The van der Waals surface area contributed by atoms with Crippen molar-refractivity contribution in [1.82, 2.24) is 6.15 Å². The molecule has 0 heterocycles. The Balaban J connectivity index is -0.0000000471. The highest BCUT2D eigenvalue weighted by Crippen LogP contribution is 1.88. The van der Waals surface area contributed by atoms with E-state index in [1.165, 1.54) is 0 Å². The predicted molar refractivity (Wildman–Crippen MR) is 75.0 cm³/mol. The molecular weight excluding hydrogens is 204 g/mol. The van der Waals surface area contributed by atoms with Crippen molar-refractivity contribution in [2.75, 3.05) is 0 Å². The van der Waals surface area contributed by atoms with Gasteiger partial charge in [0.1, 0.15) is 0 Å². The van der Waals surface area contributed by atoms with Crippen molar-refractivity contribution < 1.29 is 6.22 Å². The van der Waals surface area contributed by atoms with Gasteiger partial charge in [0.05, 0.1) is 5.84 Å². The zero-order chi connectivity index (χ0) is 13.1. The zero-order valence-electron chi connectivity index (χ0n) is 11.9. The maximum absolute atomic E-state index is 10.4. The Labute approximate surface area is 102 Å². The summed E-state index contributed by atoms with van der Waals surface area (Å²) in [7, 11) is 0. The Morgan fingerprint density at radius 3 is 1.62 bits per heavy atom. The third-order valence-electron chi connectivity index (χ3n) is 0.604. The van der Waals surface area contributed by atoms with E-state index in [2.05, 4.69) is 4.99 Å². The summed E-state index contributed by atoms with van der Waals surface area (Å²) in [5.41, 5.74) is 10.5. The van der Waals surface area contributed by atoms with Gasteiger partial charge in [-0.25, -0.2) is 4.99 Å². The van der Waals surface area contributed by atoms with E-state index in [4.69, 9.17) is 11.5 Å². The van der Waals surface area contributed by atoms with Crippen LogP contribution < -0.4 is 17.6 Å². The summed E-state index contributed by atoms with van der Waals surface area (Å²) >= 11 is 0. The van der Waals surface area contributed by atoms with Crippen LogP contribution in [0.15, 0.2) is 4.99 Å². The van der Waals surface area contributed by atoms with Crippen LogP contribution in [0.25, 0.3) is 0 Å². The number of nitrogens with zero attached hydrogens (tertiary/aromatic N) is 1. The molecular formula is C11H32N4O. The quantitative estimate of drug-likeness (QED) is 0.479. The minimum absolute atomic E-state index is 0. The monoisotopic (exact) mass is 236 g/mol. The van der Waals surface area contributed by atoms with Crippen LogP contribution >= 0.6 is 0 Å². The fraction of sp³-hybridized carbons (Fsp3) is 0.818. The number of rotatable bonds is 1. The third kappa shape index (κ3) is 74.2. The van der Waals surface area contributed by atoms with E-state index in [-0.39, 0.29) is 19.0 Å². The molecule has 0 atom stereocenters. The van der Waals surface area contributed by atoms with Crippen molar-refractivity contribution in [2.24, 2.45) is 16.5 Å². The maximum atomic E-state index is 10.4. The van der Waals surface area contributed by atoms with Gasteiger partial charge in [0.15, 0.2) is 0 Å². The lowest BCUT2D eigenvalue weighted by Gasteiger charge is -2.06. The maximum Gasteiger partial charge on any atom is 0.247 e. The van der Waals surface area contributed by atoms with Gasteiger partial charge >= 0.3 is 0 Å². The molecule has 102 valence electrons. The van der Waals surface area contributed by atoms with Crippen LogP contribution in [0.2, 0.25) is 0 Å². The number of amides is 1. The summed E-state index contributed by atoms with van der Waals surface area (Å²) in [4.78, 5) is 13.8. The normalized spacial score (nSPS) is 9.88. The summed E-state index contributed by atoms with van der Waals surface area (Å²) in [6.45, 7) is 13.2. The van der Waals surface area contributed by atoms with E-state index in [0.717, 1.165) is 0 Å². The summed E-state index contributed by atoms with van der Waals surface area (Å²) in [5.74, 6) is 0.168. The van der Waals surface area contributed by atoms with Crippen LogP contribution in [-0.2, 0) is 4.79 Å². The zero-order valence-corrected chi connectivity index (χ0v) is 11.9. The Kier molecular flexibility index (Phi) is 21.4. The summed E-state index contributed by atoms with van der Waals surface area (Å²) < 4.78 is 0. The van der Waals surface area contributed by atoms with Gasteiger partial charge in [0.2, 0.25) is 5.91 Å².